The van der Waals surface area contributed by atoms with E-state index in [9.17, 15) is 4.79 Å². The molecule has 3 N–H and O–H groups in total. The lowest BCUT2D eigenvalue weighted by molar-refractivity contribution is 0.0934. The summed E-state index contributed by atoms with van der Waals surface area (Å²) in [6, 6.07) is 24.2. The maximum atomic E-state index is 12.6. The van der Waals surface area contributed by atoms with Crippen LogP contribution in [-0.2, 0) is 0 Å². The molecular weight excluding hydrogens is 496 g/mol. The molecule has 160 valence electrons. The van der Waals surface area contributed by atoms with Gasteiger partial charge >= 0.3 is 0 Å². The van der Waals surface area contributed by atoms with Gasteiger partial charge in [0.1, 0.15) is 6.17 Å². The highest BCUT2D eigenvalue weighted by Gasteiger charge is 2.35. The number of amides is 1. The van der Waals surface area contributed by atoms with Gasteiger partial charge in [0.25, 0.3) is 5.91 Å². The first-order chi connectivity index (χ1) is 14.7. The zero-order valence-corrected chi connectivity index (χ0v) is 19.8. The zero-order valence-electron chi connectivity index (χ0n) is 15.9. The van der Waals surface area contributed by atoms with Crippen molar-refractivity contribution in [1.82, 2.24) is 10.6 Å². The van der Waals surface area contributed by atoms with Gasteiger partial charge in [-0.2, -0.15) is 0 Å². The Morgan fingerprint density at radius 2 is 1.39 bits per heavy atom. The predicted octanol–water partition coefficient (Wildman–Crippen LogP) is 6.42. The molecule has 0 saturated carbocycles. The van der Waals surface area contributed by atoms with Crippen LogP contribution < -0.4 is 16.0 Å². The maximum Gasteiger partial charge on any atom is 0.254 e. The molecule has 0 aromatic heterocycles. The van der Waals surface area contributed by atoms with Crippen LogP contribution in [0, 0.1) is 0 Å². The summed E-state index contributed by atoms with van der Waals surface area (Å²) in [6.07, 6.45) is -1.11. The van der Waals surface area contributed by atoms with Gasteiger partial charge < -0.3 is 16.0 Å². The standard InChI is InChI=1S/C22H17Cl4N3OS/c23-18-9-5-4-8-17(18)19(30)28-20(22(24,25)26)29-21(31)27-16-12-10-15(11-13-16)14-6-2-1-3-7-14/h1-13,20H,(H,28,30)(H2,27,29,31). The largest absolute Gasteiger partial charge is 0.339 e. The molecule has 0 fully saturated rings. The summed E-state index contributed by atoms with van der Waals surface area (Å²) >= 11 is 29.5. The Labute approximate surface area is 205 Å². The Kier molecular flexibility index (Phi) is 8.03. The van der Waals surface area contributed by atoms with E-state index in [1.807, 2.05) is 54.6 Å². The molecule has 0 saturated heterocycles. The second-order valence-electron chi connectivity index (χ2n) is 6.47. The summed E-state index contributed by atoms with van der Waals surface area (Å²) < 4.78 is -1.88. The van der Waals surface area contributed by atoms with E-state index in [2.05, 4.69) is 16.0 Å². The first-order valence-corrected chi connectivity index (χ1v) is 11.0. The van der Waals surface area contributed by atoms with Crippen LogP contribution in [0.4, 0.5) is 5.69 Å². The molecule has 0 aliphatic carbocycles. The summed E-state index contributed by atoms with van der Waals surface area (Å²) in [7, 11) is 0. The lowest BCUT2D eigenvalue weighted by atomic mass is 10.1. The third-order valence-corrected chi connectivity index (χ3v) is 5.45. The van der Waals surface area contributed by atoms with Crippen LogP contribution in [0.3, 0.4) is 0 Å². The molecule has 3 rings (SSSR count). The van der Waals surface area contributed by atoms with Crippen molar-refractivity contribution >= 4 is 75.3 Å². The summed E-state index contributed by atoms with van der Waals surface area (Å²) in [4.78, 5) is 12.6. The van der Waals surface area contributed by atoms with Crippen molar-refractivity contribution in [3.63, 3.8) is 0 Å². The van der Waals surface area contributed by atoms with E-state index in [0.29, 0.717) is 0 Å². The fourth-order valence-corrected chi connectivity index (χ4v) is 3.51. The Hall–Kier alpha value is -2.02. The number of rotatable bonds is 5. The van der Waals surface area contributed by atoms with Crippen molar-refractivity contribution in [3.05, 3.63) is 89.4 Å². The van der Waals surface area contributed by atoms with E-state index in [4.69, 9.17) is 58.6 Å². The number of carbonyl (C=O) groups is 1. The lowest BCUT2D eigenvalue weighted by Crippen LogP contribution is -2.56. The highest BCUT2D eigenvalue weighted by molar-refractivity contribution is 7.80. The Balaban J connectivity index is 1.66. The minimum absolute atomic E-state index is 0.170. The number of thiocarbonyl (C=S) groups is 1. The number of hydrogen-bond donors (Lipinski definition) is 3. The van der Waals surface area contributed by atoms with Crippen LogP contribution in [0.2, 0.25) is 5.02 Å². The number of anilines is 1. The molecule has 3 aromatic carbocycles. The molecule has 1 amide bonds. The molecule has 0 aliphatic heterocycles. The van der Waals surface area contributed by atoms with E-state index in [1.165, 1.54) is 0 Å². The van der Waals surface area contributed by atoms with Gasteiger partial charge in [0, 0.05) is 5.69 Å². The third-order valence-electron chi connectivity index (χ3n) is 4.25. The molecule has 1 atom stereocenters. The third kappa shape index (κ3) is 6.73. The van der Waals surface area contributed by atoms with Gasteiger partial charge in [0.15, 0.2) is 5.11 Å². The second-order valence-corrected chi connectivity index (χ2v) is 9.65. The molecule has 0 spiro atoms. The smallest absolute Gasteiger partial charge is 0.254 e. The molecule has 0 heterocycles. The van der Waals surface area contributed by atoms with E-state index >= 15 is 0 Å². The Morgan fingerprint density at radius 1 is 0.806 bits per heavy atom. The van der Waals surface area contributed by atoms with E-state index in [-0.39, 0.29) is 15.7 Å². The van der Waals surface area contributed by atoms with Crippen molar-refractivity contribution in [2.45, 2.75) is 9.96 Å². The van der Waals surface area contributed by atoms with Gasteiger partial charge in [0.2, 0.25) is 3.79 Å². The van der Waals surface area contributed by atoms with E-state index in [0.717, 1.165) is 16.8 Å². The predicted molar refractivity (Wildman–Crippen MR) is 134 cm³/mol. The number of benzene rings is 3. The molecule has 3 aromatic rings. The average molecular weight is 513 g/mol. The minimum Gasteiger partial charge on any atom is -0.339 e. The Morgan fingerprint density at radius 3 is 2.00 bits per heavy atom. The quantitative estimate of drug-likeness (QED) is 0.210. The van der Waals surface area contributed by atoms with E-state index in [1.54, 1.807) is 24.3 Å². The fraction of sp³-hybridized carbons (Fsp3) is 0.0909. The van der Waals surface area contributed by atoms with Crippen LogP contribution in [0.25, 0.3) is 11.1 Å². The topological polar surface area (TPSA) is 53.2 Å². The number of halogens is 4. The minimum atomic E-state index is -1.88. The number of carbonyl (C=O) groups excluding carboxylic acids is 1. The monoisotopic (exact) mass is 511 g/mol. The van der Waals surface area contributed by atoms with Gasteiger partial charge in [-0.25, -0.2) is 0 Å². The number of hydrogen-bond acceptors (Lipinski definition) is 2. The maximum absolute atomic E-state index is 12.6. The van der Waals surface area contributed by atoms with Crippen molar-refractivity contribution in [2.24, 2.45) is 0 Å². The normalized spacial score (nSPS) is 12.0. The highest BCUT2D eigenvalue weighted by atomic mass is 35.6. The van der Waals surface area contributed by atoms with Gasteiger partial charge in [-0.3, -0.25) is 4.79 Å². The van der Waals surface area contributed by atoms with E-state index < -0.39 is 15.9 Å². The lowest BCUT2D eigenvalue weighted by Gasteiger charge is -2.28. The van der Waals surface area contributed by atoms with Crippen molar-refractivity contribution in [1.29, 1.82) is 0 Å². The van der Waals surface area contributed by atoms with Crippen molar-refractivity contribution < 1.29 is 4.79 Å². The van der Waals surface area contributed by atoms with Crippen molar-refractivity contribution in [3.8, 4) is 11.1 Å². The zero-order chi connectivity index (χ0) is 22.4. The first-order valence-electron chi connectivity index (χ1n) is 9.09. The Bertz CT molecular complexity index is 1060. The van der Waals surface area contributed by atoms with Gasteiger partial charge in [0.05, 0.1) is 10.6 Å². The average Bonchev–Trinajstić information content (AvgIpc) is 2.74. The molecule has 4 nitrogen and oxygen atoms in total. The summed E-state index contributed by atoms with van der Waals surface area (Å²) in [6.45, 7) is 0. The van der Waals surface area contributed by atoms with Gasteiger partial charge in [-0.05, 0) is 47.6 Å². The first kappa shape index (κ1) is 23.6. The van der Waals surface area contributed by atoms with Crippen LogP contribution >= 0.6 is 58.6 Å². The summed E-state index contributed by atoms with van der Waals surface area (Å²) in [5, 5.41) is 8.89. The molecule has 9 heteroatoms. The van der Waals surface area contributed by atoms with Gasteiger partial charge in [-0.1, -0.05) is 101 Å². The fourth-order valence-electron chi connectivity index (χ4n) is 2.73. The van der Waals surface area contributed by atoms with Crippen LogP contribution in [-0.4, -0.2) is 21.0 Å². The molecule has 31 heavy (non-hydrogen) atoms. The highest BCUT2D eigenvalue weighted by Crippen LogP contribution is 2.30. The molecule has 0 radical (unpaired) electrons. The molecule has 0 aliphatic rings. The summed E-state index contributed by atoms with van der Waals surface area (Å²) in [5.41, 5.74) is 3.16. The number of alkyl halides is 3. The number of nitrogens with one attached hydrogen (secondary N) is 3. The second kappa shape index (κ2) is 10.5. The van der Waals surface area contributed by atoms with Crippen LogP contribution in [0.5, 0.6) is 0 Å². The van der Waals surface area contributed by atoms with Crippen molar-refractivity contribution in [2.75, 3.05) is 5.32 Å². The molecule has 1 unspecified atom stereocenters. The van der Waals surface area contributed by atoms with Crippen LogP contribution in [0.1, 0.15) is 10.4 Å². The van der Waals surface area contributed by atoms with Gasteiger partial charge in [-0.15, -0.1) is 0 Å². The molecular formula is C22H17Cl4N3OS. The summed E-state index contributed by atoms with van der Waals surface area (Å²) in [5.74, 6) is -0.510. The SMILES string of the molecule is O=C(NC(NC(=S)Nc1ccc(-c2ccccc2)cc1)C(Cl)(Cl)Cl)c1ccccc1Cl. The van der Waals surface area contributed by atoms with Crippen LogP contribution in [0.15, 0.2) is 78.9 Å². The molecule has 0 bridgehead atoms.